The molecule has 2 N–H and O–H groups in total. The van der Waals surface area contributed by atoms with E-state index in [1.165, 1.54) is 32.6 Å². The fourth-order valence-electron chi connectivity index (χ4n) is 3.31. The van der Waals surface area contributed by atoms with Crippen molar-refractivity contribution in [3.8, 4) is 0 Å². The molecule has 0 atom stereocenters. The highest BCUT2D eigenvalue weighted by molar-refractivity contribution is 14.0. The summed E-state index contributed by atoms with van der Waals surface area (Å²) in [6.45, 7) is 15.7. The summed E-state index contributed by atoms with van der Waals surface area (Å²) in [5.41, 5.74) is 0. The summed E-state index contributed by atoms with van der Waals surface area (Å²) in [5.74, 6) is 0.950. The van der Waals surface area contributed by atoms with Gasteiger partial charge in [-0.2, -0.15) is 0 Å². The van der Waals surface area contributed by atoms with E-state index in [9.17, 15) is 0 Å². The van der Waals surface area contributed by atoms with Gasteiger partial charge in [-0.3, -0.25) is 9.89 Å². The fraction of sp³-hybridized carbons (Fsp3) is 0.944. The molecule has 0 aliphatic carbocycles. The molecule has 0 aromatic rings. The molecule has 0 bridgehead atoms. The smallest absolute Gasteiger partial charge is 0.191 e. The van der Waals surface area contributed by atoms with Crippen molar-refractivity contribution in [2.24, 2.45) is 4.99 Å². The van der Waals surface area contributed by atoms with E-state index in [0.29, 0.717) is 0 Å². The van der Waals surface area contributed by atoms with E-state index in [2.05, 4.69) is 39.3 Å². The second-order valence-electron chi connectivity index (χ2n) is 6.99. The quantitative estimate of drug-likeness (QED) is 0.228. The first-order valence-electron chi connectivity index (χ1n) is 10.0. The maximum Gasteiger partial charge on any atom is 0.191 e. The van der Waals surface area contributed by atoms with Gasteiger partial charge < -0.3 is 25.2 Å². The summed E-state index contributed by atoms with van der Waals surface area (Å²) < 4.78 is 5.39. The van der Waals surface area contributed by atoms with Gasteiger partial charge >= 0.3 is 0 Å². The van der Waals surface area contributed by atoms with Gasteiger partial charge in [0.25, 0.3) is 0 Å². The molecule has 2 aliphatic rings. The van der Waals surface area contributed by atoms with E-state index in [1.54, 1.807) is 0 Å². The molecule has 7 nitrogen and oxygen atoms in total. The Morgan fingerprint density at radius 2 is 1.73 bits per heavy atom. The number of nitrogens with zero attached hydrogens (tertiary/aromatic N) is 4. The molecule has 0 radical (unpaired) electrons. The third-order valence-corrected chi connectivity index (χ3v) is 4.88. The highest BCUT2D eigenvalue weighted by atomic mass is 127. The molecule has 0 spiro atoms. The number of hydrogen-bond acceptors (Lipinski definition) is 5. The molecular weight excluding hydrogens is 443 g/mol. The lowest BCUT2D eigenvalue weighted by Gasteiger charge is -2.26. The highest BCUT2D eigenvalue weighted by Crippen LogP contribution is 2.02. The van der Waals surface area contributed by atoms with Gasteiger partial charge in [0.2, 0.25) is 0 Å². The zero-order valence-corrected chi connectivity index (χ0v) is 19.0. The lowest BCUT2D eigenvalue weighted by Crippen LogP contribution is -2.44. The van der Waals surface area contributed by atoms with Gasteiger partial charge in [0.1, 0.15) is 0 Å². The van der Waals surface area contributed by atoms with Crippen LogP contribution in [0.25, 0.3) is 0 Å². The minimum atomic E-state index is 0. The highest BCUT2D eigenvalue weighted by Gasteiger charge is 2.11. The van der Waals surface area contributed by atoms with Crippen LogP contribution in [0.5, 0.6) is 0 Å². The molecule has 2 saturated heterocycles. The predicted octanol–water partition coefficient (Wildman–Crippen LogP) is 0.519. The Balaban J connectivity index is 0.00000338. The number of nitrogens with one attached hydrogen (secondary N) is 2. The van der Waals surface area contributed by atoms with Crippen molar-refractivity contribution < 1.29 is 4.74 Å². The number of hydrogen-bond donors (Lipinski definition) is 2. The van der Waals surface area contributed by atoms with Crippen molar-refractivity contribution in [2.75, 3.05) is 92.3 Å². The van der Waals surface area contributed by atoms with Gasteiger partial charge in [-0.05, 0) is 46.4 Å². The van der Waals surface area contributed by atoms with E-state index in [0.717, 1.165) is 71.4 Å². The number of morpholine rings is 1. The van der Waals surface area contributed by atoms with Gasteiger partial charge in [-0.15, -0.1) is 24.0 Å². The Morgan fingerprint density at radius 1 is 0.962 bits per heavy atom. The van der Waals surface area contributed by atoms with Crippen molar-refractivity contribution in [3.63, 3.8) is 0 Å². The van der Waals surface area contributed by atoms with Crippen LogP contribution in [0.15, 0.2) is 4.99 Å². The summed E-state index contributed by atoms with van der Waals surface area (Å²) in [4.78, 5) is 12.2. The first kappa shape index (κ1) is 23.9. The van der Waals surface area contributed by atoms with Crippen LogP contribution in [0.1, 0.15) is 19.8 Å². The minimum Gasteiger partial charge on any atom is -0.379 e. The second-order valence-corrected chi connectivity index (χ2v) is 6.99. The van der Waals surface area contributed by atoms with Crippen LogP contribution in [0.4, 0.5) is 0 Å². The first-order chi connectivity index (χ1) is 12.3. The van der Waals surface area contributed by atoms with Crippen LogP contribution in [-0.4, -0.2) is 113 Å². The van der Waals surface area contributed by atoms with Gasteiger partial charge in [0.05, 0.1) is 13.2 Å². The summed E-state index contributed by atoms with van der Waals surface area (Å²) in [5, 5.41) is 6.81. The van der Waals surface area contributed by atoms with E-state index < -0.39 is 0 Å². The van der Waals surface area contributed by atoms with Crippen LogP contribution >= 0.6 is 24.0 Å². The standard InChI is InChI=1S/C18H38N6O.HI/c1-3-19-18(21-7-11-24-14-16-25-17-15-24)20-6-4-9-23-10-5-8-22(2)12-13-23;/h3-17H2,1-2H3,(H2,19,20,21);1H. The zero-order chi connectivity index (χ0) is 17.7. The number of likely N-dealkylation sites (N-methyl/N-ethyl adjacent to an activating group) is 1. The molecular formula is C18H39IN6O. The van der Waals surface area contributed by atoms with Crippen LogP contribution in [0.2, 0.25) is 0 Å². The Kier molecular flexibility index (Phi) is 13.6. The number of guanidine groups is 1. The van der Waals surface area contributed by atoms with Crippen molar-refractivity contribution in [1.29, 1.82) is 0 Å². The van der Waals surface area contributed by atoms with Crippen LogP contribution < -0.4 is 10.6 Å². The number of halogens is 1. The fourth-order valence-corrected chi connectivity index (χ4v) is 3.31. The van der Waals surface area contributed by atoms with Gasteiger partial charge in [0.15, 0.2) is 5.96 Å². The number of rotatable bonds is 8. The predicted molar refractivity (Wildman–Crippen MR) is 120 cm³/mol. The SMILES string of the molecule is CCNC(=NCCCN1CCCN(C)CC1)NCCN1CCOCC1.I. The van der Waals surface area contributed by atoms with E-state index in [1.807, 2.05) is 0 Å². The Bertz CT molecular complexity index is 379. The molecule has 0 aromatic carbocycles. The molecule has 2 rings (SSSR count). The summed E-state index contributed by atoms with van der Waals surface area (Å²) >= 11 is 0. The third kappa shape index (κ3) is 10.2. The van der Waals surface area contributed by atoms with E-state index in [-0.39, 0.29) is 24.0 Å². The molecule has 0 unspecified atom stereocenters. The van der Waals surface area contributed by atoms with Crippen molar-refractivity contribution >= 4 is 29.9 Å². The van der Waals surface area contributed by atoms with E-state index in [4.69, 9.17) is 9.73 Å². The molecule has 154 valence electrons. The molecule has 0 amide bonds. The normalized spacial score (nSPS) is 21.1. The molecule has 26 heavy (non-hydrogen) atoms. The Hall–Kier alpha value is -0.160. The summed E-state index contributed by atoms with van der Waals surface area (Å²) in [6, 6.07) is 0. The lowest BCUT2D eigenvalue weighted by atomic mass is 10.3. The second kappa shape index (κ2) is 14.8. The van der Waals surface area contributed by atoms with Crippen LogP contribution in [0, 0.1) is 0 Å². The van der Waals surface area contributed by atoms with Crippen LogP contribution in [-0.2, 0) is 4.74 Å². The van der Waals surface area contributed by atoms with Crippen LogP contribution in [0.3, 0.4) is 0 Å². The Labute approximate surface area is 176 Å². The molecule has 8 heteroatoms. The molecule has 2 aliphatic heterocycles. The molecule has 2 fully saturated rings. The lowest BCUT2D eigenvalue weighted by molar-refractivity contribution is 0.0389. The Morgan fingerprint density at radius 3 is 2.50 bits per heavy atom. The maximum atomic E-state index is 5.39. The van der Waals surface area contributed by atoms with Gasteiger partial charge in [0, 0.05) is 52.4 Å². The zero-order valence-electron chi connectivity index (χ0n) is 16.7. The number of aliphatic imine (C=N–C) groups is 1. The van der Waals surface area contributed by atoms with Crippen molar-refractivity contribution in [2.45, 2.75) is 19.8 Å². The monoisotopic (exact) mass is 482 g/mol. The average molecular weight is 482 g/mol. The van der Waals surface area contributed by atoms with Gasteiger partial charge in [-0.25, -0.2) is 0 Å². The number of ether oxygens (including phenoxy) is 1. The average Bonchev–Trinajstić information content (AvgIpc) is 2.84. The summed E-state index contributed by atoms with van der Waals surface area (Å²) in [6.07, 6.45) is 2.41. The summed E-state index contributed by atoms with van der Waals surface area (Å²) in [7, 11) is 2.22. The largest absolute Gasteiger partial charge is 0.379 e. The van der Waals surface area contributed by atoms with Crippen molar-refractivity contribution in [3.05, 3.63) is 0 Å². The van der Waals surface area contributed by atoms with Crippen molar-refractivity contribution in [1.82, 2.24) is 25.3 Å². The first-order valence-corrected chi connectivity index (χ1v) is 10.0. The maximum absolute atomic E-state index is 5.39. The van der Waals surface area contributed by atoms with E-state index >= 15 is 0 Å². The third-order valence-electron chi connectivity index (χ3n) is 4.88. The molecule has 0 aromatic heterocycles. The topological polar surface area (TPSA) is 55.4 Å². The van der Waals surface area contributed by atoms with Gasteiger partial charge in [-0.1, -0.05) is 0 Å². The molecule has 0 saturated carbocycles. The molecule has 2 heterocycles. The minimum absolute atomic E-state index is 0.